The average Bonchev–Trinajstić information content (AvgIpc) is 2.33. The molecule has 0 bridgehead atoms. The van der Waals surface area contributed by atoms with E-state index in [1.54, 1.807) is 0 Å². The topological polar surface area (TPSA) is 60.5 Å². The Bertz CT molecular complexity index is 261. The van der Waals surface area contributed by atoms with Gasteiger partial charge in [-0.3, -0.25) is 0 Å². The quantitative estimate of drug-likeness (QED) is 0.528. The molecule has 1 aromatic rings. The van der Waals surface area contributed by atoms with Crippen LogP contribution in [0.2, 0.25) is 0 Å². The summed E-state index contributed by atoms with van der Waals surface area (Å²) in [5.41, 5.74) is 0. The van der Waals surface area contributed by atoms with Crippen molar-refractivity contribution in [3.05, 3.63) is 9.75 Å². The van der Waals surface area contributed by atoms with Crippen LogP contribution in [0.25, 0.3) is 0 Å². The van der Waals surface area contributed by atoms with Gasteiger partial charge in [-0.1, -0.05) is 0 Å². The van der Waals surface area contributed by atoms with Crippen LogP contribution >= 0.6 is 23.1 Å². The molecule has 0 N–H and O–H groups in total. The maximum Gasteiger partial charge on any atom is 0.283 e. The van der Waals surface area contributed by atoms with E-state index in [4.69, 9.17) is 10.5 Å². The Hall–Kier alpha value is -1.04. The van der Waals surface area contributed by atoms with Gasteiger partial charge in [0, 0.05) is 0 Å². The summed E-state index contributed by atoms with van der Waals surface area (Å²) >= 11 is 2.12. The summed E-state index contributed by atoms with van der Waals surface area (Å²) in [6.07, 6.45) is 0. The lowest BCUT2D eigenvalue weighted by molar-refractivity contribution is 1.50. The van der Waals surface area contributed by atoms with E-state index in [0.29, 0.717) is 9.75 Å². The molecule has 0 spiro atoms. The van der Waals surface area contributed by atoms with E-state index >= 15 is 0 Å². The molecule has 0 unspecified atom stereocenters. The van der Waals surface area contributed by atoms with E-state index in [0.717, 1.165) is 23.1 Å². The van der Waals surface area contributed by atoms with E-state index in [1.165, 1.54) is 0 Å². The van der Waals surface area contributed by atoms with Crippen molar-refractivity contribution >= 4 is 23.1 Å². The summed E-state index contributed by atoms with van der Waals surface area (Å²) in [6, 6.07) is 3.74. The lowest BCUT2D eigenvalue weighted by Gasteiger charge is -1.58. The zero-order chi connectivity index (χ0) is 6.69. The molecule has 0 amide bonds. The molecule has 1 heterocycles. The average molecular weight is 154 g/mol. The summed E-state index contributed by atoms with van der Waals surface area (Å²) in [5.74, 6) is 0. The van der Waals surface area contributed by atoms with Crippen molar-refractivity contribution in [2.75, 3.05) is 0 Å². The summed E-state index contributed by atoms with van der Waals surface area (Å²) in [6.45, 7) is 0. The van der Waals surface area contributed by atoms with Crippen LogP contribution < -0.4 is 0 Å². The highest BCUT2D eigenvalue weighted by Gasteiger charge is 2.16. The van der Waals surface area contributed by atoms with Crippen molar-refractivity contribution in [3.8, 4) is 12.1 Å². The van der Waals surface area contributed by atoms with Crippen molar-refractivity contribution in [1.29, 1.82) is 10.5 Å². The van der Waals surface area contributed by atoms with E-state index < -0.39 is 0 Å². The first kappa shape index (κ1) is 6.09. The van der Waals surface area contributed by atoms with Crippen LogP contribution in [0, 0.1) is 22.7 Å². The Morgan fingerprint density at radius 3 is 2.67 bits per heavy atom. The van der Waals surface area contributed by atoms with Crippen LogP contribution in [0.15, 0.2) is 0 Å². The number of hydrogen-bond acceptors (Lipinski definition) is 4. The maximum atomic E-state index is 8.31. The second-order valence-corrected chi connectivity index (χ2v) is 2.92. The Kier molecular flexibility index (Phi) is 1.69. The van der Waals surface area contributed by atoms with Gasteiger partial charge >= 0.3 is 0 Å². The molecule has 0 fully saturated rings. The van der Waals surface area contributed by atoms with E-state index in [-0.39, 0.29) is 0 Å². The van der Waals surface area contributed by atoms with E-state index in [9.17, 15) is 0 Å². The fourth-order valence-corrected chi connectivity index (χ4v) is 1.63. The molecule has 0 aliphatic heterocycles. The standard InChI is InChI=1S/C4N3S2/c5-1-3-4(2-6)9-7-8-3/q+1. The molecule has 1 rings (SSSR count). The summed E-state index contributed by atoms with van der Waals surface area (Å²) in [5, 5.41) is 16.6. The SMILES string of the molecule is N#Cc1sn[s+]c1C#N. The van der Waals surface area contributed by atoms with Crippen molar-refractivity contribution in [2.24, 2.45) is 0 Å². The second kappa shape index (κ2) is 2.49. The Labute approximate surface area is 59.7 Å². The molecule has 3 nitrogen and oxygen atoms in total. The third-order valence-corrected chi connectivity index (χ3v) is 2.35. The van der Waals surface area contributed by atoms with Crippen molar-refractivity contribution in [1.82, 2.24) is 3.76 Å². The smallest absolute Gasteiger partial charge is 0.189 e. The first-order valence-corrected chi connectivity index (χ1v) is 3.52. The predicted molar refractivity (Wildman–Crippen MR) is 33.8 cm³/mol. The maximum absolute atomic E-state index is 8.31. The highest BCUT2D eigenvalue weighted by molar-refractivity contribution is 7.22. The third-order valence-electron chi connectivity index (χ3n) is 0.666. The van der Waals surface area contributed by atoms with Gasteiger partial charge in [0.1, 0.15) is 12.1 Å². The molecule has 0 radical (unpaired) electrons. The van der Waals surface area contributed by atoms with Crippen LogP contribution in [0.1, 0.15) is 9.75 Å². The number of rotatable bonds is 0. The lowest BCUT2D eigenvalue weighted by atomic mass is 10.5. The molecule has 9 heavy (non-hydrogen) atoms. The van der Waals surface area contributed by atoms with Gasteiger partial charge in [-0.15, -0.1) is 0 Å². The first-order chi connectivity index (χ1) is 4.38. The van der Waals surface area contributed by atoms with Crippen LogP contribution in [0.3, 0.4) is 0 Å². The van der Waals surface area contributed by atoms with Crippen molar-refractivity contribution in [3.63, 3.8) is 0 Å². The normalized spacial score (nSPS) is 7.78. The molecular formula is C4N3S2+. The number of aromatic nitrogens is 1. The highest BCUT2D eigenvalue weighted by Crippen LogP contribution is 2.14. The molecule has 1 aromatic heterocycles. The molecule has 0 saturated carbocycles. The second-order valence-electron chi connectivity index (χ2n) is 1.14. The minimum Gasteiger partial charge on any atom is -0.189 e. The largest absolute Gasteiger partial charge is 0.283 e. The van der Waals surface area contributed by atoms with Crippen LogP contribution in [0.5, 0.6) is 0 Å². The molecule has 0 aromatic carbocycles. The first-order valence-electron chi connectivity index (χ1n) is 1.97. The van der Waals surface area contributed by atoms with Gasteiger partial charge in [0.15, 0.2) is 0 Å². The van der Waals surface area contributed by atoms with Gasteiger partial charge in [0.05, 0.1) is 3.76 Å². The summed E-state index contributed by atoms with van der Waals surface area (Å²) < 4.78 is 3.70. The number of hydrogen-bond donors (Lipinski definition) is 0. The zero-order valence-electron chi connectivity index (χ0n) is 4.16. The van der Waals surface area contributed by atoms with Crippen LogP contribution in [-0.4, -0.2) is 3.76 Å². The van der Waals surface area contributed by atoms with Gasteiger partial charge in [-0.25, -0.2) is 0 Å². The minimum atomic E-state index is 0.405. The van der Waals surface area contributed by atoms with Crippen LogP contribution in [-0.2, 0) is 0 Å². The third kappa shape index (κ3) is 1.02. The monoisotopic (exact) mass is 154 g/mol. The van der Waals surface area contributed by atoms with Gasteiger partial charge < -0.3 is 0 Å². The molecular weight excluding hydrogens is 154 g/mol. The van der Waals surface area contributed by atoms with E-state index in [2.05, 4.69) is 3.76 Å². The van der Waals surface area contributed by atoms with Crippen molar-refractivity contribution in [2.45, 2.75) is 0 Å². The van der Waals surface area contributed by atoms with Crippen molar-refractivity contribution < 1.29 is 0 Å². The Balaban J connectivity index is 3.22. The molecule has 0 aliphatic carbocycles. The Morgan fingerprint density at radius 2 is 2.22 bits per heavy atom. The molecule has 42 valence electrons. The fourth-order valence-electron chi connectivity index (χ4n) is 0.318. The Morgan fingerprint density at radius 1 is 1.44 bits per heavy atom. The predicted octanol–water partition coefficient (Wildman–Crippen LogP) is 1.23. The molecule has 5 heteroatoms. The van der Waals surface area contributed by atoms with Gasteiger partial charge in [-0.05, 0) is 0 Å². The van der Waals surface area contributed by atoms with Gasteiger partial charge in [0.25, 0.3) is 9.75 Å². The summed E-state index contributed by atoms with van der Waals surface area (Å²) in [4.78, 5) is 0.810. The molecule has 0 aliphatic rings. The lowest BCUT2D eigenvalue weighted by Crippen LogP contribution is -1.66. The highest BCUT2D eigenvalue weighted by atomic mass is 32.2. The van der Waals surface area contributed by atoms with Crippen LogP contribution in [0.4, 0.5) is 0 Å². The number of nitriles is 2. The zero-order valence-corrected chi connectivity index (χ0v) is 5.79. The molecule has 0 saturated heterocycles. The van der Waals surface area contributed by atoms with Gasteiger partial charge in [-0.2, -0.15) is 10.5 Å². The van der Waals surface area contributed by atoms with Gasteiger partial charge in [0.2, 0.25) is 23.1 Å². The fraction of sp³-hybridized carbons (Fsp3) is 0. The van der Waals surface area contributed by atoms with E-state index in [1.807, 2.05) is 12.1 Å². The summed E-state index contributed by atoms with van der Waals surface area (Å²) in [7, 11) is 0. The molecule has 0 atom stereocenters. The minimum absolute atomic E-state index is 0.405. The number of nitrogens with zero attached hydrogens (tertiary/aromatic N) is 3.